The van der Waals surface area contributed by atoms with Crippen LogP contribution < -0.4 is 14.8 Å². The number of nitrogens with zero attached hydrogens (tertiary/aromatic N) is 1. The highest BCUT2D eigenvalue weighted by atomic mass is 35.5. The maximum atomic E-state index is 12.4. The molecule has 6 rings (SSSR count). The lowest BCUT2D eigenvalue weighted by atomic mass is 10.0. The first-order chi connectivity index (χ1) is 27.1. The molecule has 0 saturated heterocycles. The van der Waals surface area contributed by atoms with Gasteiger partial charge >= 0.3 is 24.7 Å². The van der Waals surface area contributed by atoms with Gasteiger partial charge in [-0.2, -0.15) is 0 Å². The average molecular weight is 856 g/mol. The molecule has 5 aromatic rings. The number of aromatic nitrogens is 1. The van der Waals surface area contributed by atoms with Crippen LogP contribution in [0.15, 0.2) is 84.9 Å². The number of amides is 1. The van der Waals surface area contributed by atoms with Gasteiger partial charge in [0.25, 0.3) is 11.7 Å². The summed E-state index contributed by atoms with van der Waals surface area (Å²) in [7, 11) is 0. The highest BCUT2D eigenvalue weighted by Gasteiger charge is 2.34. The highest BCUT2D eigenvalue weighted by molar-refractivity contribution is 6.51. The third-order valence-electron chi connectivity index (χ3n) is 7.41. The third-order valence-corrected chi connectivity index (χ3v) is 7.91. The standard InChI is InChI=1S/C18H11ClF3NO4.C11H11ClO3.C9H4F3NO3/c19-10-3-1-9(2-4-10)7-14-16(24)15(17(25)26)12-8-11(27-18(20,21)22)5-6-13(12)23-14;1-8(13)15-7-11(14)6-9-2-4-10(12)5-3-9;10-9(11,12)16-4-1-2-6-5(3-4)7(14)8(15)13-6/h1-6,8,24H,7H2,(H,25,26);2-5H,6-7H2,1H3;1-3H,(H,13,14,15). The highest BCUT2D eigenvalue weighted by Crippen LogP contribution is 2.34. The van der Waals surface area contributed by atoms with Crippen molar-refractivity contribution in [2.75, 3.05) is 11.9 Å². The van der Waals surface area contributed by atoms with Crippen molar-refractivity contribution in [3.05, 3.63) is 123 Å². The van der Waals surface area contributed by atoms with Gasteiger partial charge in [0.2, 0.25) is 0 Å². The molecule has 2 heterocycles. The number of hydrogen-bond donors (Lipinski definition) is 3. The summed E-state index contributed by atoms with van der Waals surface area (Å²) in [6.45, 7) is 1.10. The number of pyridine rings is 1. The number of carbonyl (C=O) groups is 5. The summed E-state index contributed by atoms with van der Waals surface area (Å²) in [4.78, 5) is 59.6. The fraction of sp³-hybridized carbons (Fsp3) is 0.158. The van der Waals surface area contributed by atoms with Crippen LogP contribution in [0, 0.1) is 0 Å². The Balaban J connectivity index is 0.000000206. The van der Waals surface area contributed by atoms with Gasteiger partial charge in [0.1, 0.15) is 23.7 Å². The molecule has 0 unspecified atom stereocenters. The van der Waals surface area contributed by atoms with Gasteiger partial charge < -0.3 is 29.7 Å². The van der Waals surface area contributed by atoms with E-state index in [0.29, 0.717) is 10.0 Å². The summed E-state index contributed by atoms with van der Waals surface area (Å²) in [5.41, 5.74) is 1.29. The number of fused-ring (bicyclic) bond motifs is 2. The minimum Gasteiger partial charge on any atom is -0.505 e. The van der Waals surface area contributed by atoms with E-state index in [1.165, 1.54) is 19.1 Å². The Morgan fingerprint density at radius 1 is 0.776 bits per heavy atom. The Bertz CT molecular complexity index is 2350. The Morgan fingerprint density at radius 2 is 1.31 bits per heavy atom. The number of carbonyl (C=O) groups excluding carboxylic acids is 4. The second-order valence-corrected chi connectivity index (χ2v) is 12.7. The number of carboxylic acid groups (broad SMARTS) is 1. The molecule has 0 bridgehead atoms. The maximum Gasteiger partial charge on any atom is 0.573 e. The first-order valence-corrected chi connectivity index (χ1v) is 16.9. The molecule has 304 valence electrons. The van der Waals surface area contributed by atoms with Gasteiger partial charge in [-0.15, -0.1) is 26.3 Å². The number of ketones is 2. The summed E-state index contributed by atoms with van der Waals surface area (Å²) in [5.74, 6) is -5.57. The lowest BCUT2D eigenvalue weighted by Gasteiger charge is -2.13. The van der Waals surface area contributed by atoms with Crippen LogP contribution in [0.2, 0.25) is 10.0 Å². The Labute approximate surface area is 332 Å². The molecule has 3 N–H and O–H groups in total. The first-order valence-electron chi connectivity index (χ1n) is 16.1. The van der Waals surface area contributed by atoms with Crippen molar-refractivity contribution in [1.82, 2.24) is 4.98 Å². The summed E-state index contributed by atoms with van der Waals surface area (Å²) in [6, 6.07) is 19.8. The van der Waals surface area contributed by atoms with Gasteiger partial charge in [-0.05, 0) is 71.8 Å². The maximum absolute atomic E-state index is 12.4. The molecule has 0 fully saturated rings. The monoisotopic (exact) mass is 854 g/mol. The summed E-state index contributed by atoms with van der Waals surface area (Å²) < 4.78 is 84.8. The van der Waals surface area contributed by atoms with E-state index in [4.69, 9.17) is 23.2 Å². The van der Waals surface area contributed by atoms with Gasteiger partial charge in [-0.1, -0.05) is 47.5 Å². The van der Waals surface area contributed by atoms with Gasteiger partial charge in [-0.25, -0.2) is 9.78 Å². The number of anilines is 1. The lowest BCUT2D eigenvalue weighted by molar-refractivity contribution is -0.275. The Kier molecular flexibility index (Phi) is 14.3. The number of Topliss-reactive ketones (excluding diaryl/α,β-unsaturated/α-hetero) is 2. The number of hydrogen-bond acceptors (Lipinski definition) is 10. The lowest BCUT2D eigenvalue weighted by Crippen LogP contribution is -2.17. The van der Waals surface area contributed by atoms with Crippen LogP contribution in [0.5, 0.6) is 17.2 Å². The number of carboxylic acids is 1. The molecule has 1 aromatic heterocycles. The quantitative estimate of drug-likeness (QED) is 0.0736. The molecule has 0 aliphatic carbocycles. The van der Waals surface area contributed by atoms with Crippen LogP contribution in [0.25, 0.3) is 10.9 Å². The van der Waals surface area contributed by atoms with Crippen molar-refractivity contribution in [3.63, 3.8) is 0 Å². The van der Waals surface area contributed by atoms with Crippen molar-refractivity contribution >= 4 is 69.2 Å². The van der Waals surface area contributed by atoms with Gasteiger partial charge in [0, 0.05) is 35.2 Å². The number of halogens is 8. The number of aromatic hydroxyl groups is 1. The van der Waals surface area contributed by atoms with Crippen molar-refractivity contribution in [1.29, 1.82) is 0 Å². The van der Waals surface area contributed by atoms with E-state index in [2.05, 4.69) is 24.5 Å². The predicted octanol–water partition coefficient (Wildman–Crippen LogP) is 8.52. The van der Waals surface area contributed by atoms with Crippen LogP contribution in [-0.2, 0) is 32.0 Å². The minimum absolute atomic E-state index is 0.0757. The number of benzene rings is 4. The van der Waals surface area contributed by atoms with Crippen molar-refractivity contribution in [2.24, 2.45) is 0 Å². The number of nitrogens with one attached hydrogen (secondary N) is 1. The largest absolute Gasteiger partial charge is 0.573 e. The molecule has 0 radical (unpaired) electrons. The molecule has 4 aromatic carbocycles. The molecule has 1 aliphatic heterocycles. The molecule has 20 heteroatoms. The van der Waals surface area contributed by atoms with Crippen molar-refractivity contribution < 1.29 is 74.7 Å². The van der Waals surface area contributed by atoms with E-state index < -0.39 is 59.2 Å². The number of ether oxygens (including phenoxy) is 3. The van der Waals surface area contributed by atoms with Crippen LogP contribution >= 0.6 is 23.2 Å². The fourth-order valence-corrected chi connectivity index (χ4v) is 5.25. The summed E-state index contributed by atoms with van der Waals surface area (Å²) >= 11 is 11.5. The first kappa shape index (κ1) is 44.3. The van der Waals surface area contributed by atoms with E-state index in [1.807, 2.05) is 0 Å². The molecular weight excluding hydrogens is 829 g/mol. The van der Waals surface area contributed by atoms with Crippen LogP contribution in [-0.4, -0.2) is 63.9 Å². The molecule has 0 atom stereocenters. The summed E-state index contributed by atoms with van der Waals surface area (Å²) in [6.07, 6.45) is -9.39. The SMILES string of the molecule is CC(=O)OCC(=O)Cc1ccc(Cl)cc1.O=C(O)c1c(O)c(Cc2ccc(Cl)cc2)nc2ccc(OC(F)(F)F)cc12.O=C1Nc2ccc(OC(F)(F)F)cc2C1=O. The number of aromatic carboxylic acids is 1. The van der Waals surface area contributed by atoms with Crippen molar-refractivity contribution in [2.45, 2.75) is 32.5 Å². The Morgan fingerprint density at radius 3 is 1.84 bits per heavy atom. The summed E-state index contributed by atoms with van der Waals surface area (Å²) in [5, 5.41) is 23.0. The van der Waals surface area contributed by atoms with Crippen LogP contribution in [0.3, 0.4) is 0 Å². The molecule has 1 aliphatic rings. The third kappa shape index (κ3) is 13.1. The van der Waals surface area contributed by atoms with Gasteiger partial charge in [0.15, 0.2) is 11.5 Å². The Hall–Kier alpha value is -6.40. The second kappa shape index (κ2) is 18.7. The van der Waals surface area contributed by atoms with Crippen molar-refractivity contribution in [3.8, 4) is 17.2 Å². The van der Waals surface area contributed by atoms with Crippen LogP contribution in [0.1, 0.15) is 44.5 Å². The second-order valence-electron chi connectivity index (χ2n) is 11.8. The molecule has 12 nitrogen and oxygen atoms in total. The van der Waals surface area contributed by atoms with E-state index in [-0.39, 0.29) is 53.1 Å². The van der Waals surface area contributed by atoms with Gasteiger partial charge in [-0.3, -0.25) is 19.2 Å². The molecule has 58 heavy (non-hydrogen) atoms. The number of alkyl halides is 6. The molecule has 0 saturated carbocycles. The van der Waals surface area contributed by atoms with Gasteiger partial charge in [0.05, 0.1) is 22.5 Å². The molecule has 1 amide bonds. The zero-order valence-electron chi connectivity index (χ0n) is 29.3. The predicted molar refractivity (Wildman–Crippen MR) is 194 cm³/mol. The molecule has 0 spiro atoms. The van der Waals surface area contributed by atoms with Crippen LogP contribution in [0.4, 0.5) is 32.0 Å². The number of rotatable bonds is 9. The number of esters is 1. The minimum atomic E-state index is -4.93. The smallest absolute Gasteiger partial charge is 0.505 e. The topological polar surface area (TPSA) is 178 Å². The average Bonchev–Trinajstić information content (AvgIpc) is 3.40. The van der Waals surface area contributed by atoms with E-state index in [9.17, 15) is 60.5 Å². The normalized spacial score (nSPS) is 11.9. The zero-order valence-corrected chi connectivity index (χ0v) is 30.8. The fourth-order valence-electron chi connectivity index (χ4n) is 5.00. The van der Waals surface area contributed by atoms with E-state index in [1.54, 1.807) is 48.5 Å². The van der Waals surface area contributed by atoms with E-state index >= 15 is 0 Å². The van der Waals surface area contributed by atoms with E-state index in [0.717, 1.165) is 35.4 Å². The molecular formula is C38H26Cl2F6N2O10. The zero-order chi connectivity index (χ0) is 42.9.